The van der Waals surface area contributed by atoms with E-state index in [1.165, 1.54) is 12.1 Å². The quantitative estimate of drug-likeness (QED) is 0.351. The van der Waals surface area contributed by atoms with Crippen LogP contribution in [0.1, 0.15) is 57.4 Å². The number of carbonyl (C=O) groups excluding carboxylic acids is 1. The molecule has 3 aromatic rings. The first-order chi connectivity index (χ1) is 17.3. The summed E-state index contributed by atoms with van der Waals surface area (Å²) in [6.07, 6.45) is 7.38. The van der Waals surface area contributed by atoms with Crippen molar-refractivity contribution in [2.75, 3.05) is 10.6 Å². The molecule has 0 saturated heterocycles. The van der Waals surface area contributed by atoms with Gasteiger partial charge in [0.25, 0.3) is 0 Å². The smallest absolute Gasteiger partial charge is 0.224 e. The molecule has 0 radical (unpaired) electrons. The number of aliphatic hydroxyl groups is 1. The zero-order valence-electron chi connectivity index (χ0n) is 19.6. The van der Waals surface area contributed by atoms with E-state index in [2.05, 4.69) is 15.6 Å². The maximum atomic E-state index is 13.8. The molecule has 2 fully saturated rings. The molecule has 1 aromatic carbocycles. The number of carbonyl (C=O) groups is 1. The summed E-state index contributed by atoms with van der Waals surface area (Å²) in [5, 5.41) is 16.8. The number of hydrogen-bond acceptors (Lipinski definition) is 7. The van der Waals surface area contributed by atoms with Gasteiger partial charge >= 0.3 is 0 Å². The predicted octanol–water partition coefficient (Wildman–Crippen LogP) is 4.95. The van der Waals surface area contributed by atoms with Crippen molar-refractivity contribution in [3.8, 4) is 0 Å². The van der Waals surface area contributed by atoms with Gasteiger partial charge in [-0.25, -0.2) is 14.4 Å². The number of hydrogen-bond donors (Lipinski definition) is 4. The Morgan fingerprint density at radius 2 is 1.83 bits per heavy atom. The van der Waals surface area contributed by atoms with Gasteiger partial charge in [-0.15, -0.1) is 0 Å². The number of aromatic nitrogens is 4. The molecule has 0 bridgehead atoms. The van der Waals surface area contributed by atoms with Crippen molar-refractivity contribution < 1.29 is 14.3 Å². The Morgan fingerprint density at radius 1 is 1.11 bits per heavy atom. The number of imidazole rings is 1. The van der Waals surface area contributed by atoms with Gasteiger partial charge in [-0.05, 0) is 63.5 Å². The standard InChI is InChI=1S/C24H28Cl2FN7O2/c25-17-8-13(27)9-18(26)20(17)32-24-31-19-11-29-23(30-14-2-1-3-16(35)10-14)33-22(19)34(24)15-6-4-12(5-7-15)21(28)36/h8-9,11-12,14-16,35H,1-7,10H2,(H2,28,36)(H,31,32)(H,29,30,33)/t12-,14-,15+,16+/m0/s1. The molecule has 5 N–H and O–H groups in total. The number of nitrogens with zero attached hydrogens (tertiary/aromatic N) is 4. The van der Waals surface area contributed by atoms with Crippen molar-refractivity contribution in [1.82, 2.24) is 19.5 Å². The van der Waals surface area contributed by atoms with Crippen LogP contribution >= 0.6 is 23.2 Å². The second-order valence-corrected chi connectivity index (χ2v) is 10.5. The normalized spacial score (nSPS) is 24.6. The average Bonchev–Trinajstić information content (AvgIpc) is 3.18. The van der Waals surface area contributed by atoms with Crippen molar-refractivity contribution in [3.63, 3.8) is 0 Å². The molecule has 2 aromatic heterocycles. The van der Waals surface area contributed by atoms with Gasteiger partial charge in [0.1, 0.15) is 11.3 Å². The van der Waals surface area contributed by atoms with Gasteiger partial charge in [0.15, 0.2) is 5.65 Å². The van der Waals surface area contributed by atoms with Crippen LogP contribution in [0.3, 0.4) is 0 Å². The highest BCUT2D eigenvalue weighted by Gasteiger charge is 2.30. The Kier molecular flexibility index (Phi) is 7.18. The lowest BCUT2D eigenvalue weighted by Crippen LogP contribution is -2.30. The number of anilines is 3. The Labute approximate surface area is 217 Å². The van der Waals surface area contributed by atoms with E-state index in [1.54, 1.807) is 6.20 Å². The lowest BCUT2D eigenvalue weighted by Gasteiger charge is -2.29. The maximum Gasteiger partial charge on any atom is 0.224 e. The van der Waals surface area contributed by atoms with Crippen LogP contribution in [0.2, 0.25) is 10.0 Å². The maximum absolute atomic E-state index is 13.8. The highest BCUT2D eigenvalue weighted by atomic mass is 35.5. The molecule has 2 aliphatic rings. The van der Waals surface area contributed by atoms with Crippen LogP contribution in [0.4, 0.5) is 22.0 Å². The van der Waals surface area contributed by atoms with E-state index < -0.39 is 5.82 Å². The first-order valence-electron chi connectivity index (χ1n) is 12.2. The van der Waals surface area contributed by atoms with Crippen molar-refractivity contribution in [2.24, 2.45) is 11.7 Å². The second kappa shape index (κ2) is 10.4. The first-order valence-corrected chi connectivity index (χ1v) is 12.9. The van der Waals surface area contributed by atoms with E-state index >= 15 is 0 Å². The van der Waals surface area contributed by atoms with Crippen LogP contribution in [0.25, 0.3) is 11.2 Å². The number of halogens is 3. The van der Waals surface area contributed by atoms with E-state index in [9.17, 15) is 14.3 Å². The van der Waals surface area contributed by atoms with Gasteiger partial charge in [-0.2, -0.15) is 4.98 Å². The summed E-state index contributed by atoms with van der Waals surface area (Å²) in [4.78, 5) is 25.6. The van der Waals surface area contributed by atoms with E-state index in [-0.39, 0.29) is 40.1 Å². The minimum atomic E-state index is -0.539. The molecule has 5 rings (SSSR count). The van der Waals surface area contributed by atoms with E-state index in [1.807, 2.05) is 4.57 Å². The molecular weight excluding hydrogens is 508 g/mol. The average molecular weight is 536 g/mol. The molecule has 2 heterocycles. The summed E-state index contributed by atoms with van der Waals surface area (Å²) in [6.45, 7) is 0. The van der Waals surface area contributed by atoms with Gasteiger partial charge in [-0.1, -0.05) is 23.2 Å². The zero-order valence-corrected chi connectivity index (χ0v) is 21.1. The fourth-order valence-electron chi connectivity index (χ4n) is 5.26. The molecular formula is C24H28Cl2FN7O2. The third-order valence-corrected chi connectivity index (χ3v) is 7.72. The summed E-state index contributed by atoms with van der Waals surface area (Å²) < 4.78 is 15.7. The van der Waals surface area contributed by atoms with Gasteiger partial charge in [-0.3, -0.25) is 9.36 Å². The monoisotopic (exact) mass is 535 g/mol. The van der Waals surface area contributed by atoms with E-state index in [4.69, 9.17) is 38.9 Å². The van der Waals surface area contributed by atoms with Crippen molar-refractivity contribution >= 4 is 57.9 Å². The molecule has 36 heavy (non-hydrogen) atoms. The van der Waals surface area contributed by atoms with Gasteiger partial charge in [0.05, 0.1) is 28.0 Å². The number of fused-ring (bicyclic) bond motifs is 1. The summed E-state index contributed by atoms with van der Waals surface area (Å²) in [7, 11) is 0. The molecule has 0 unspecified atom stereocenters. The number of primary amides is 1. The van der Waals surface area contributed by atoms with Gasteiger partial charge in [0, 0.05) is 18.0 Å². The molecule has 2 atom stereocenters. The van der Waals surface area contributed by atoms with E-state index in [0.29, 0.717) is 60.9 Å². The Balaban J connectivity index is 1.51. The van der Waals surface area contributed by atoms with Crippen LogP contribution in [-0.2, 0) is 4.79 Å². The third-order valence-electron chi connectivity index (χ3n) is 7.12. The number of nitrogens with one attached hydrogen (secondary N) is 2. The lowest BCUT2D eigenvalue weighted by molar-refractivity contribution is -0.122. The Bertz CT molecular complexity index is 1260. The molecule has 2 aliphatic carbocycles. The molecule has 2 saturated carbocycles. The van der Waals surface area contributed by atoms with Crippen LogP contribution in [0.15, 0.2) is 18.3 Å². The minimum absolute atomic E-state index is 0.00893. The largest absolute Gasteiger partial charge is 0.393 e. The SMILES string of the molecule is NC(=O)[C@H]1CC[C@@H](n2c(Nc3c(Cl)cc(F)cc3Cl)nc3cnc(N[C@H]4CCC[C@@H](O)C4)nc32)CC1. The van der Waals surface area contributed by atoms with Gasteiger partial charge < -0.3 is 21.5 Å². The van der Waals surface area contributed by atoms with Crippen molar-refractivity contribution in [1.29, 1.82) is 0 Å². The van der Waals surface area contributed by atoms with Crippen LogP contribution in [0.5, 0.6) is 0 Å². The molecule has 0 spiro atoms. The molecule has 1 amide bonds. The summed E-state index contributed by atoms with van der Waals surface area (Å²) in [6, 6.07) is 2.44. The molecule has 9 nitrogen and oxygen atoms in total. The van der Waals surface area contributed by atoms with Crippen LogP contribution in [0, 0.1) is 11.7 Å². The van der Waals surface area contributed by atoms with E-state index in [0.717, 1.165) is 19.3 Å². The Morgan fingerprint density at radius 3 is 2.50 bits per heavy atom. The topological polar surface area (TPSA) is 131 Å². The predicted molar refractivity (Wildman–Crippen MR) is 137 cm³/mol. The number of rotatable bonds is 6. The number of amides is 1. The number of aliphatic hydroxyl groups excluding tert-OH is 1. The second-order valence-electron chi connectivity index (χ2n) is 9.65. The van der Waals surface area contributed by atoms with Crippen LogP contribution in [-0.4, -0.2) is 42.7 Å². The molecule has 12 heteroatoms. The number of benzene rings is 1. The molecule has 192 valence electrons. The highest BCUT2D eigenvalue weighted by Crippen LogP contribution is 2.39. The minimum Gasteiger partial charge on any atom is -0.393 e. The van der Waals surface area contributed by atoms with Gasteiger partial charge in [0.2, 0.25) is 17.8 Å². The molecule has 0 aliphatic heterocycles. The highest BCUT2D eigenvalue weighted by molar-refractivity contribution is 6.39. The van der Waals surface area contributed by atoms with Crippen molar-refractivity contribution in [2.45, 2.75) is 69.6 Å². The first kappa shape index (κ1) is 25.0. The number of nitrogens with two attached hydrogens (primary N) is 1. The zero-order chi connectivity index (χ0) is 25.4. The summed E-state index contributed by atoms with van der Waals surface area (Å²) >= 11 is 12.6. The van der Waals surface area contributed by atoms with Crippen molar-refractivity contribution in [3.05, 3.63) is 34.2 Å². The fraction of sp³-hybridized carbons (Fsp3) is 0.500. The summed E-state index contributed by atoms with van der Waals surface area (Å²) in [5.74, 6) is -0.0719. The lowest BCUT2D eigenvalue weighted by atomic mass is 9.85. The third kappa shape index (κ3) is 5.21. The fourth-order valence-corrected chi connectivity index (χ4v) is 5.82. The Hall–Kier alpha value is -2.69. The summed E-state index contributed by atoms with van der Waals surface area (Å²) in [5.41, 5.74) is 7.06. The van der Waals surface area contributed by atoms with Crippen LogP contribution < -0.4 is 16.4 Å².